The monoisotopic (exact) mass is 206 g/mol. The molecule has 0 unspecified atom stereocenters. The van der Waals surface area contributed by atoms with Gasteiger partial charge < -0.3 is 0 Å². The van der Waals surface area contributed by atoms with Gasteiger partial charge >= 0.3 is 0 Å². The largest absolute Gasteiger partial charge is 0.271 e. The zero-order valence-electron chi connectivity index (χ0n) is 4.73. The van der Waals surface area contributed by atoms with Crippen LogP contribution in [0.2, 0.25) is 0 Å². The van der Waals surface area contributed by atoms with Crippen LogP contribution in [0.5, 0.6) is 0 Å². The molecule has 0 bridgehead atoms. The van der Waals surface area contributed by atoms with Crippen molar-refractivity contribution >= 4 is 27.3 Å². The van der Waals surface area contributed by atoms with E-state index in [4.69, 9.17) is 5.84 Å². The van der Waals surface area contributed by atoms with Gasteiger partial charge in [-0.1, -0.05) is 0 Å². The third-order valence-electron chi connectivity index (χ3n) is 0.928. The van der Waals surface area contributed by atoms with Gasteiger partial charge in [0.15, 0.2) is 0 Å². The Morgan fingerprint density at radius 1 is 1.78 bits per heavy atom. The summed E-state index contributed by atoms with van der Waals surface area (Å²) < 4.78 is 1.15. The molecule has 0 atom stereocenters. The van der Waals surface area contributed by atoms with E-state index in [2.05, 4.69) is 26.7 Å². The SMILES string of the molecule is NNCc1csc(Br)c1. The zero-order valence-corrected chi connectivity index (χ0v) is 7.13. The van der Waals surface area contributed by atoms with Crippen LogP contribution in [-0.2, 0) is 6.54 Å². The number of halogens is 1. The number of hydrogen-bond donors (Lipinski definition) is 2. The topological polar surface area (TPSA) is 38.0 Å². The quantitative estimate of drug-likeness (QED) is 0.569. The second-order valence-corrected chi connectivity index (χ2v) is 3.93. The van der Waals surface area contributed by atoms with Gasteiger partial charge in [-0.3, -0.25) is 11.3 Å². The first-order valence-corrected chi connectivity index (χ1v) is 4.16. The molecule has 1 heterocycles. The first-order valence-electron chi connectivity index (χ1n) is 2.49. The first-order chi connectivity index (χ1) is 4.33. The van der Waals surface area contributed by atoms with E-state index in [1.54, 1.807) is 11.3 Å². The van der Waals surface area contributed by atoms with Crippen molar-refractivity contribution in [2.24, 2.45) is 5.84 Å². The summed E-state index contributed by atoms with van der Waals surface area (Å²) in [5.41, 5.74) is 3.80. The van der Waals surface area contributed by atoms with Crippen LogP contribution in [0.15, 0.2) is 15.2 Å². The van der Waals surface area contributed by atoms with Crippen molar-refractivity contribution in [2.45, 2.75) is 6.54 Å². The molecular weight excluding hydrogens is 200 g/mol. The van der Waals surface area contributed by atoms with E-state index >= 15 is 0 Å². The molecular formula is C5H7BrN2S. The summed E-state index contributed by atoms with van der Waals surface area (Å²) in [6.45, 7) is 0.738. The molecule has 4 heteroatoms. The molecule has 0 aliphatic carbocycles. The predicted octanol–water partition coefficient (Wildman–Crippen LogP) is 1.47. The van der Waals surface area contributed by atoms with Crippen molar-refractivity contribution in [1.82, 2.24) is 5.43 Å². The summed E-state index contributed by atoms with van der Waals surface area (Å²) in [7, 11) is 0. The maximum atomic E-state index is 5.11. The molecule has 0 amide bonds. The Labute approximate surface area is 66.2 Å². The third kappa shape index (κ3) is 2.06. The Kier molecular flexibility index (Phi) is 2.65. The van der Waals surface area contributed by atoms with Gasteiger partial charge in [0.2, 0.25) is 0 Å². The van der Waals surface area contributed by atoms with Crippen molar-refractivity contribution in [3.05, 3.63) is 20.8 Å². The van der Waals surface area contributed by atoms with E-state index < -0.39 is 0 Å². The summed E-state index contributed by atoms with van der Waals surface area (Å²) in [4.78, 5) is 0. The number of nitrogens with two attached hydrogens (primary N) is 1. The fourth-order valence-corrected chi connectivity index (χ4v) is 1.77. The summed E-state index contributed by atoms with van der Waals surface area (Å²) in [6.07, 6.45) is 0. The lowest BCUT2D eigenvalue weighted by Gasteiger charge is -1.90. The van der Waals surface area contributed by atoms with E-state index in [-0.39, 0.29) is 0 Å². The summed E-state index contributed by atoms with van der Waals surface area (Å²) in [5, 5.41) is 2.06. The molecule has 0 saturated heterocycles. The minimum Gasteiger partial charge on any atom is -0.271 e. The average Bonchev–Trinajstić information content (AvgIpc) is 2.17. The average molecular weight is 207 g/mol. The van der Waals surface area contributed by atoms with Crippen LogP contribution >= 0.6 is 27.3 Å². The van der Waals surface area contributed by atoms with Gasteiger partial charge in [-0.05, 0) is 32.9 Å². The molecule has 3 N–H and O–H groups in total. The Bertz CT molecular complexity index is 187. The number of nitrogens with one attached hydrogen (secondary N) is 1. The molecule has 0 aliphatic heterocycles. The predicted molar refractivity (Wildman–Crippen MR) is 43.0 cm³/mol. The fraction of sp³-hybridized carbons (Fsp3) is 0.200. The maximum absolute atomic E-state index is 5.11. The van der Waals surface area contributed by atoms with Crippen molar-refractivity contribution in [3.63, 3.8) is 0 Å². The van der Waals surface area contributed by atoms with Crippen LogP contribution in [0.25, 0.3) is 0 Å². The maximum Gasteiger partial charge on any atom is 0.0701 e. The summed E-state index contributed by atoms with van der Waals surface area (Å²) in [6, 6.07) is 2.05. The van der Waals surface area contributed by atoms with Crippen molar-refractivity contribution in [3.8, 4) is 0 Å². The molecule has 0 aromatic carbocycles. The molecule has 0 aliphatic rings. The molecule has 50 valence electrons. The van der Waals surface area contributed by atoms with E-state index in [1.165, 1.54) is 5.56 Å². The van der Waals surface area contributed by atoms with Crippen LogP contribution in [0, 0.1) is 0 Å². The number of hydrogen-bond acceptors (Lipinski definition) is 3. The molecule has 9 heavy (non-hydrogen) atoms. The number of thiophene rings is 1. The minimum atomic E-state index is 0.738. The normalized spacial score (nSPS) is 10.0. The van der Waals surface area contributed by atoms with Crippen molar-refractivity contribution in [2.75, 3.05) is 0 Å². The van der Waals surface area contributed by atoms with Crippen LogP contribution in [0.4, 0.5) is 0 Å². The van der Waals surface area contributed by atoms with E-state index in [0.29, 0.717) is 0 Å². The Morgan fingerprint density at radius 2 is 2.56 bits per heavy atom. The first kappa shape index (κ1) is 7.21. The van der Waals surface area contributed by atoms with E-state index in [9.17, 15) is 0 Å². The molecule has 1 aromatic heterocycles. The lowest BCUT2D eigenvalue weighted by atomic mass is 10.3. The molecule has 0 spiro atoms. The second kappa shape index (κ2) is 3.31. The third-order valence-corrected chi connectivity index (χ3v) is 2.48. The second-order valence-electron chi connectivity index (χ2n) is 1.64. The standard InChI is InChI=1S/C5H7BrN2S/c6-5-1-4(2-8-7)3-9-5/h1,3,8H,2,7H2. The Hall–Kier alpha value is 0.100. The van der Waals surface area contributed by atoms with Gasteiger partial charge in [-0.2, -0.15) is 0 Å². The molecule has 1 aromatic rings. The Balaban J connectivity index is 2.61. The van der Waals surface area contributed by atoms with Gasteiger partial charge in [0.05, 0.1) is 3.79 Å². The van der Waals surface area contributed by atoms with Crippen LogP contribution < -0.4 is 11.3 Å². The molecule has 1 rings (SSSR count). The lowest BCUT2D eigenvalue weighted by molar-refractivity contribution is 0.743. The van der Waals surface area contributed by atoms with Gasteiger partial charge in [0.1, 0.15) is 0 Å². The Morgan fingerprint density at radius 3 is 3.00 bits per heavy atom. The van der Waals surface area contributed by atoms with E-state index in [1.807, 2.05) is 6.07 Å². The number of rotatable bonds is 2. The molecule has 0 radical (unpaired) electrons. The zero-order chi connectivity index (χ0) is 6.69. The highest BCUT2D eigenvalue weighted by Crippen LogP contribution is 2.19. The van der Waals surface area contributed by atoms with Crippen molar-refractivity contribution in [1.29, 1.82) is 0 Å². The highest BCUT2D eigenvalue weighted by atomic mass is 79.9. The lowest BCUT2D eigenvalue weighted by Crippen LogP contribution is -2.20. The van der Waals surface area contributed by atoms with Gasteiger partial charge in [0.25, 0.3) is 0 Å². The molecule has 0 fully saturated rings. The summed E-state index contributed by atoms with van der Waals surface area (Å²) in [5.74, 6) is 5.11. The van der Waals surface area contributed by atoms with Crippen LogP contribution in [-0.4, -0.2) is 0 Å². The number of hydrazine groups is 1. The summed E-state index contributed by atoms with van der Waals surface area (Å²) >= 11 is 5.02. The minimum absolute atomic E-state index is 0.738. The molecule has 0 saturated carbocycles. The van der Waals surface area contributed by atoms with Gasteiger partial charge in [-0.15, -0.1) is 11.3 Å². The molecule has 2 nitrogen and oxygen atoms in total. The van der Waals surface area contributed by atoms with E-state index in [0.717, 1.165) is 10.3 Å². The van der Waals surface area contributed by atoms with Gasteiger partial charge in [-0.25, -0.2) is 0 Å². The highest BCUT2D eigenvalue weighted by Gasteiger charge is 1.93. The van der Waals surface area contributed by atoms with Crippen LogP contribution in [0.1, 0.15) is 5.56 Å². The van der Waals surface area contributed by atoms with Crippen molar-refractivity contribution < 1.29 is 0 Å². The smallest absolute Gasteiger partial charge is 0.0701 e. The van der Waals surface area contributed by atoms with Gasteiger partial charge in [0, 0.05) is 6.54 Å². The fourth-order valence-electron chi connectivity index (χ4n) is 0.556. The highest BCUT2D eigenvalue weighted by molar-refractivity contribution is 9.11. The van der Waals surface area contributed by atoms with Crippen LogP contribution in [0.3, 0.4) is 0 Å².